The minimum absolute atomic E-state index is 0.130. The SMILES string of the molecule is CCN(C(=O)NOC1CCN(C2CCCCC2)CC1)C(C)(C)C. The van der Waals surface area contributed by atoms with E-state index in [1.165, 1.54) is 32.1 Å². The number of amides is 2. The molecule has 0 unspecified atom stereocenters. The van der Waals surface area contributed by atoms with Gasteiger partial charge >= 0.3 is 6.03 Å². The standard InChI is InChI=1S/C18H35N3O2/c1-5-21(18(2,3)4)17(22)19-23-16-11-13-20(14-12-16)15-9-7-6-8-10-15/h15-16H,5-14H2,1-4H3,(H,19,22). The van der Waals surface area contributed by atoms with Gasteiger partial charge in [-0.3, -0.25) is 4.84 Å². The average molecular weight is 325 g/mol. The van der Waals surface area contributed by atoms with Gasteiger partial charge in [0.25, 0.3) is 0 Å². The van der Waals surface area contributed by atoms with Crippen molar-refractivity contribution in [3.8, 4) is 0 Å². The lowest BCUT2D eigenvalue weighted by Crippen LogP contribution is -2.51. The molecular weight excluding hydrogens is 290 g/mol. The van der Waals surface area contributed by atoms with Crippen LogP contribution in [-0.2, 0) is 4.84 Å². The molecule has 0 atom stereocenters. The van der Waals surface area contributed by atoms with Gasteiger partial charge in [-0.1, -0.05) is 19.3 Å². The fourth-order valence-corrected chi connectivity index (χ4v) is 3.92. The van der Waals surface area contributed by atoms with Gasteiger partial charge in [0.2, 0.25) is 0 Å². The number of hydrogen-bond acceptors (Lipinski definition) is 3. The molecule has 0 aromatic heterocycles. The maximum Gasteiger partial charge on any atom is 0.341 e. The number of hydrogen-bond donors (Lipinski definition) is 1. The lowest BCUT2D eigenvalue weighted by atomic mass is 9.92. The van der Waals surface area contributed by atoms with Crippen LogP contribution in [0.5, 0.6) is 0 Å². The van der Waals surface area contributed by atoms with E-state index < -0.39 is 0 Å². The first kappa shape index (κ1) is 18.5. The zero-order chi connectivity index (χ0) is 16.9. The second kappa shape index (κ2) is 8.34. The fourth-order valence-electron chi connectivity index (χ4n) is 3.92. The van der Waals surface area contributed by atoms with E-state index in [0.717, 1.165) is 32.0 Å². The van der Waals surface area contributed by atoms with Gasteiger partial charge in [-0.15, -0.1) is 0 Å². The van der Waals surface area contributed by atoms with Crippen molar-refractivity contribution in [2.24, 2.45) is 0 Å². The molecule has 134 valence electrons. The molecule has 0 bridgehead atoms. The van der Waals surface area contributed by atoms with Crippen LogP contribution < -0.4 is 5.48 Å². The van der Waals surface area contributed by atoms with E-state index >= 15 is 0 Å². The predicted molar refractivity (Wildman–Crippen MR) is 93.2 cm³/mol. The average Bonchev–Trinajstić information content (AvgIpc) is 2.53. The normalized spacial score (nSPS) is 22.1. The van der Waals surface area contributed by atoms with Crippen LogP contribution in [0.2, 0.25) is 0 Å². The molecule has 0 radical (unpaired) electrons. The summed E-state index contributed by atoms with van der Waals surface area (Å²) in [4.78, 5) is 22.4. The van der Waals surface area contributed by atoms with E-state index in [0.29, 0.717) is 6.54 Å². The second-order valence-electron chi connectivity index (χ2n) is 7.97. The van der Waals surface area contributed by atoms with Crippen molar-refractivity contribution in [2.75, 3.05) is 19.6 Å². The highest BCUT2D eigenvalue weighted by Crippen LogP contribution is 2.25. The molecule has 1 saturated carbocycles. The van der Waals surface area contributed by atoms with Gasteiger partial charge in [0.05, 0.1) is 6.10 Å². The molecule has 1 saturated heterocycles. The first-order valence-corrected chi connectivity index (χ1v) is 9.39. The quantitative estimate of drug-likeness (QED) is 0.804. The minimum atomic E-state index is -0.188. The molecular formula is C18H35N3O2. The van der Waals surface area contributed by atoms with Crippen molar-refractivity contribution in [3.05, 3.63) is 0 Å². The van der Waals surface area contributed by atoms with E-state index in [2.05, 4.69) is 10.4 Å². The number of piperidine rings is 1. The number of nitrogens with one attached hydrogen (secondary N) is 1. The zero-order valence-electron chi connectivity index (χ0n) is 15.4. The molecule has 0 aromatic rings. The minimum Gasteiger partial charge on any atom is -0.318 e. The molecule has 1 aliphatic heterocycles. The Labute approximate surface area is 141 Å². The third-order valence-corrected chi connectivity index (χ3v) is 5.25. The Kier molecular flexibility index (Phi) is 6.72. The number of urea groups is 1. The van der Waals surface area contributed by atoms with Crippen LogP contribution in [0.4, 0.5) is 4.79 Å². The fraction of sp³-hybridized carbons (Fsp3) is 0.944. The lowest BCUT2D eigenvalue weighted by Gasteiger charge is -2.39. The monoisotopic (exact) mass is 325 g/mol. The smallest absolute Gasteiger partial charge is 0.318 e. The van der Waals surface area contributed by atoms with E-state index in [4.69, 9.17) is 4.84 Å². The number of hydroxylamine groups is 1. The zero-order valence-corrected chi connectivity index (χ0v) is 15.4. The number of nitrogens with zero attached hydrogens (tertiary/aromatic N) is 2. The molecule has 5 heteroatoms. The second-order valence-corrected chi connectivity index (χ2v) is 7.97. The molecule has 0 spiro atoms. The first-order valence-electron chi connectivity index (χ1n) is 9.39. The Morgan fingerprint density at radius 1 is 1.13 bits per heavy atom. The predicted octanol–water partition coefficient (Wildman–Crippen LogP) is 3.55. The first-order chi connectivity index (χ1) is 10.9. The highest BCUT2D eigenvalue weighted by atomic mass is 16.7. The van der Waals surface area contributed by atoms with E-state index in [-0.39, 0.29) is 17.7 Å². The summed E-state index contributed by atoms with van der Waals surface area (Å²) in [5, 5.41) is 0. The molecule has 1 N–H and O–H groups in total. The van der Waals surface area contributed by atoms with Crippen LogP contribution in [0.3, 0.4) is 0 Å². The van der Waals surface area contributed by atoms with Gasteiger partial charge < -0.3 is 9.80 Å². The summed E-state index contributed by atoms with van der Waals surface area (Å²) in [5.41, 5.74) is 2.48. The lowest BCUT2D eigenvalue weighted by molar-refractivity contribution is -0.0516. The molecule has 0 aromatic carbocycles. The summed E-state index contributed by atoms with van der Waals surface area (Å²) in [6, 6.07) is 0.658. The summed E-state index contributed by atoms with van der Waals surface area (Å²) in [6.07, 6.45) is 9.07. The van der Waals surface area contributed by atoms with Crippen LogP contribution in [-0.4, -0.2) is 53.1 Å². The largest absolute Gasteiger partial charge is 0.341 e. The summed E-state index contributed by atoms with van der Waals surface area (Å²) >= 11 is 0. The van der Waals surface area contributed by atoms with Crippen molar-refractivity contribution in [2.45, 2.75) is 90.3 Å². The Morgan fingerprint density at radius 2 is 1.74 bits per heavy atom. The number of likely N-dealkylation sites (tertiary alicyclic amines) is 1. The molecule has 5 nitrogen and oxygen atoms in total. The van der Waals surface area contributed by atoms with E-state index in [1.54, 1.807) is 4.90 Å². The topological polar surface area (TPSA) is 44.8 Å². The van der Waals surface area contributed by atoms with Crippen LogP contribution in [0, 0.1) is 0 Å². The van der Waals surface area contributed by atoms with Crippen LogP contribution in [0.25, 0.3) is 0 Å². The molecule has 1 heterocycles. The van der Waals surface area contributed by atoms with Crippen molar-refractivity contribution in [1.82, 2.24) is 15.3 Å². The Hall–Kier alpha value is -0.810. The summed E-state index contributed by atoms with van der Waals surface area (Å²) in [6.45, 7) is 11.0. The van der Waals surface area contributed by atoms with Gasteiger partial charge in [-0.05, 0) is 53.4 Å². The van der Waals surface area contributed by atoms with E-state index in [9.17, 15) is 4.79 Å². The van der Waals surface area contributed by atoms with Gasteiger partial charge in [0.15, 0.2) is 0 Å². The maximum atomic E-state index is 12.3. The van der Waals surface area contributed by atoms with Crippen LogP contribution in [0.1, 0.15) is 72.6 Å². The molecule has 2 rings (SSSR count). The molecule has 1 aliphatic carbocycles. The highest BCUT2D eigenvalue weighted by molar-refractivity contribution is 5.73. The van der Waals surface area contributed by atoms with Gasteiger partial charge in [-0.25, -0.2) is 10.3 Å². The summed E-state index contributed by atoms with van der Waals surface area (Å²) < 4.78 is 0. The van der Waals surface area contributed by atoms with Crippen LogP contribution in [0.15, 0.2) is 0 Å². The third kappa shape index (κ3) is 5.35. The summed E-state index contributed by atoms with van der Waals surface area (Å²) in [7, 11) is 0. The Balaban J connectivity index is 1.71. The highest BCUT2D eigenvalue weighted by Gasteiger charge is 2.29. The Morgan fingerprint density at radius 3 is 2.26 bits per heavy atom. The van der Waals surface area contributed by atoms with Crippen LogP contribution >= 0.6 is 0 Å². The van der Waals surface area contributed by atoms with Gasteiger partial charge in [-0.2, -0.15) is 0 Å². The number of rotatable bonds is 4. The summed E-state index contributed by atoms with van der Waals surface area (Å²) in [5.74, 6) is 0. The van der Waals surface area contributed by atoms with Crippen molar-refractivity contribution < 1.29 is 9.63 Å². The molecule has 2 aliphatic rings. The molecule has 2 fully saturated rings. The van der Waals surface area contributed by atoms with Crippen molar-refractivity contribution >= 4 is 6.03 Å². The molecule has 23 heavy (non-hydrogen) atoms. The van der Waals surface area contributed by atoms with Crippen molar-refractivity contribution in [3.63, 3.8) is 0 Å². The number of carbonyl (C=O) groups excluding carboxylic acids is 1. The third-order valence-electron chi connectivity index (χ3n) is 5.25. The van der Waals surface area contributed by atoms with E-state index in [1.807, 2.05) is 27.7 Å². The molecule has 2 amide bonds. The van der Waals surface area contributed by atoms with Gasteiger partial charge in [0, 0.05) is 31.2 Å². The number of carbonyl (C=O) groups is 1. The maximum absolute atomic E-state index is 12.3. The van der Waals surface area contributed by atoms with Crippen molar-refractivity contribution in [1.29, 1.82) is 0 Å². The Bertz CT molecular complexity index is 367. The van der Waals surface area contributed by atoms with Gasteiger partial charge in [0.1, 0.15) is 0 Å².